The highest BCUT2D eigenvalue weighted by atomic mass is 16.4. The van der Waals surface area contributed by atoms with Crippen molar-refractivity contribution in [2.45, 2.75) is 26.2 Å². The van der Waals surface area contributed by atoms with Gasteiger partial charge in [-0.2, -0.15) is 0 Å². The number of carbonyl (C=O) groups is 3. The number of benzene rings is 1. The monoisotopic (exact) mass is 277 g/mol. The Labute approximate surface area is 117 Å². The number of aliphatic carboxylic acids is 1. The van der Waals surface area contributed by atoms with Crippen molar-refractivity contribution in [2.24, 2.45) is 5.92 Å². The lowest BCUT2D eigenvalue weighted by atomic mass is 10.0. The lowest BCUT2D eigenvalue weighted by molar-refractivity contribution is -0.311. The molecule has 0 aromatic heterocycles. The molecule has 1 aromatic carbocycles. The summed E-state index contributed by atoms with van der Waals surface area (Å²) in [5, 5.41) is 10.7. The van der Waals surface area contributed by atoms with E-state index in [1.54, 1.807) is 37.3 Å². The average Bonchev–Trinajstić information content (AvgIpc) is 2.46. The zero-order chi connectivity index (χ0) is 15.0. The Kier molecular flexibility index (Phi) is 6.22. The molecule has 0 aliphatic rings. The zero-order valence-electron chi connectivity index (χ0n) is 11.2. The van der Waals surface area contributed by atoms with E-state index in [1.165, 1.54) is 0 Å². The topological polar surface area (TPSA) is 98.3 Å². The summed E-state index contributed by atoms with van der Waals surface area (Å²) in [6.45, 7) is 1.72. The van der Waals surface area contributed by atoms with Gasteiger partial charge in [0.05, 0.1) is 0 Å². The Balaban J connectivity index is 2.33. The first-order chi connectivity index (χ1) is 9.54. The van der Waals surface area contributed by atoms with Crippen LogP contribution < -0.4 is 16.0 Å². The molecular weight excluding hydrogens is 260 g/mol. The lowest BCUT2D eigenvalue weighted by Gasteiger charge is -2.15. The fraction of sp³-hybridized carbons (Fsp3) is 0.357. The Morgan fingerprint density at radius 1 is 1.15 bits per heavy atom. The molecule has 0 saturated heterocycles. The second-order valence-corrected chi connectivity index (χ2v) is 4.33. The highest BCUT2D eigenvalue weighted by Gasteiger charge is 2.11. The number of rotatable bonds is 6. The van der Waals surface area contributed by atoms with Crippen molar-refractivity contribution in [3.63, 3.8) is 0 Å². The summed E-state index contributed by atoms with van der Waals surface area (Å²) in [5.74, 6) is -2.67. The number of amides is 2. The first kappa shape index (κ1) is 15.7. The van der Waals surface area contributed by atoms with Gasteiger partial charge in [-0.05, 0) is 30.9 Å². The Morgan fingerprint density at radius 3 is 2.35 bits per heavy atom. The summed E-state index contributed by atoms with van der Waals surface area (Å²) >= 11 is 0. The van der Waals surface area contributed by atoms with Crippen molar-refractivity contribution in [1.29, 1.82) is 0 Å². The average molecular weight is 277 g/mol. The second kappa shape index (κ2) is 7.93. The van der Waals surface area contributed by atoms with E-state index < -0.39 is 23.7 Å². The Bertz CT molecular complexity index is 473. The Hall–Kier alpha value is -2.37. The molecule has 0 aliphatic heterocycles. The predicted octanol–water partition coefficient (Wildman–Crippen LogP) is 0.00390. The van der Waals surface area contributed by atoms with Gasteiger partial charge in [-0.15, -0.1) is 0 Å². The van der Waals surface area contributed by atoms with Gasteiger partial charge in [0.15, 0.2) is 0 Å². The van der Waals surface area contributed by atoms with E-state index in [0.717, 1.165) is 0 Å². The molecule has 1 aromatic rings. The highest BCUT2D eigenvalue weighted by molar-refractivity contribution is 5.95. The highest BCUT2D eigenvalue weighted by Crippen LogP contribution is 2.09. The van der Waals surface area contributed by atoms with Crippen LogP contribution in [0.2, 0.25) is 0 Å². The van der Waals surface area contributed by atoms with Crippen LogP contribution in [-0.2, 0) is 9.59 Å². The molecule has 2 N–H and O–H groups in total. The normalized spacial score (nSPS) is 11.4. The molecule has 1 rings (SSSR count). The maximum atomic E-state index is 11.6. The number of nitrogens with one attached hydrogen (secondary N) is 2. The van der Waals surface area contributed by atoms with Gasteiger partial charge < -0.3 is 9.90 Å². The number of carboxylic acid groups (broad SMARTS) is 1. The smallest absolute Gasteiger partial charge is 0.269 e. The van der Waals surface area contributed by atoms with E-state index in [-0.39, 0.29) is 12.8 Å². The molecule has 108 valence electrons. The molecule has 0 saturated carbocycles. The number of carbonyl (C=O) groups excluding carboxylic acids is 3. The molecule has 0 radical (unpaired) electrons. The minimum atomic E-state index is -1.16. The van der Waals surface area contributed by atoms with Gasteiger partial charge in [0, 0.05) is 18.0 Å². The number of carboxylic acids is 1. The second-order valence-electron chi connectivity index (χ2n) is 4.33. The maximum absolute atomic E-state index is 11.6. The van der Waals surface area contributed by atoms with E-state index in [1.807, 2.05) is 0 Å². The van der Waals surface area contributed by atoms with E-state index in [4.69, 9.17) is 0 Å². The summed E-state index contributed by atoms with van der Waals surface area (Å²) in [7, 11) is 0. The molecule has 0 spiro atoms. The molecule has 6 nitrogen and oxygen atoms in total. The van der Waals surface area contributed by atoms with Gasteiger partial charge >= 0.3 is 0 Å². The standard InChI is InChI=1S/C14H18N2O4/c1-2-10(14(19)20)8-9-12(17)15-16-13(18)11-6-4-3-5-7-11/h3-7,10H,2,8-9H2,1H3,(H,15,17)(H,16,18)(H,19,20)/p-1/t10-/m0/s1. The molecule has 0 fully saturated rings. The molecular formula is C14H17N2O4-. The van der Waals surface area contributed by atoms with Crippen LogP contribution >= 0.6 is 0 Å². The molecule has 0 heterocycles. The number of hydrogen-bond acceptors (Lipinski definition) is 4. The minimum Gasteiger partial charge on any atom is -0.550 e. The molecule has 6 heteroatoms. The van der Waals surface area contributed by atoms with Crippen LogP contribution in [0.25, 0.3) is 0 Å². The van der Waals surface area contributed by atoms with E-state index in [0.29, 0.717) is 12.0 Å². The van der Waals surface area contributed by atoms with E-state index in [9.17, 15) is 19.5 Å². The van der Waals surface area contributed by atoms with Crippen LogP contribution in [0.1, 0.15) is 36.5 Å². The van der Waals surface area contributed by atoms with Gasteiger partial charge in [-0.1, -0.05) is 25.1 Å². The van der Waals surface area contributed by atoms with Crippen molar-refractivity contribution in [2.75, 3.05) is 0 Å². The molecule has 2 amide bonds. The van der Waals surface area contributed by atoms with Crippen LogP contribution in [0.15, 0.2) is 30.3 Å². The first-order valence-corrected chi connectivity index (χ1v) is 6.39. The lowest BCUT2D eigenvalue weighted by Crippen LogP contribution is -2.42. The van der Waals surface area contributed by atoms with Crippen LogP contribution in [0.4, 0.5) is 0 Å². The third-order valence-corrected chi connectivity index (χ3v) is 2.90. The summed E-state index contributed by atoms with van der Waals surface area (Å²) < 4.78 is 0. The largest absolute Gasteiger partial charge is 0.550 e. The van der Waals surface area contributed by atoms with Crippen molar-refractivity contribution < 1.29 is 19.5 Å². The molecule has 0 unspecified atom stereocenters. The zero-order valence-corrected chi connectivity index (χ0v) is 11.2. The predicted molar refractivity (Wildman–Crippen MR) is 70.1 cm³/mol. The van der Waals surface area contributed by atoms with Crippen molar-refractivity contribution in [3.8, 4) is 0 Å². The quantitative estimate of drug-likeness (QED) is 0.715. The SMILES string of the molecule is CC[C@@H](CCC(=O)NNC(=O)c1ccccc1)C(=O)[O-]. The molecule has 0 aliphatic carbocycles. The van der Waals surface area contributed by atoms with Gasteiger partial charge in [-0.25, -0.2) is 0 Å². The first-order valence-electron chi connectivity index (χ1n) is 6.39. The van der Waals surface area contributed by atoms with E-state index in [2.05, 4.69) is 10.9 Å². The summed E-state index contributed by atoms with van der Waals surface area (Å²) in [6.07, 6.45) is 0.611. The van der Waals surface area contributed by atoms with Crippen molar-refractivity contribution >= 4 is 17.8 Å². The molecule has 0 bridgehead atoms. The summed E-state index contributed by atoms with van der Waals surface area (Å²) in [4.78, 5) is 33.8. The van der Waals surface area contributed by atoms with Gasteiger partial charge in [0.1, 0.15) is 0 Å². The molecule has 20 heavy (non-hydrogen) atoms. The number of hydrogen-bond donors (Lipinski definition) is 2. The van der Waals surface area contributed by atoms with Gasteiger partial charge in [0.25, 0.3) is 5.91 Å². The molecule has 1 atom stereocenters. The van der Waals surface area contributed by atoms with Crippen LogP contribution in [0.5, 0.6) is 0 Å². The summed E-state index contributed by atoms with van der Waals surface area (Å²) in [5.41, 5.74) is 4.94. The van der Waals surface area contributed by atoms with Crippen LogP contribution in [-0.4, -0.2) is 17.8 Å². The van der Waals surface area contributed by atoms with Gasteiger partial charge in [0.2, 0.25) is 5.91 Å². The van der Waals surface area contributed by atoms with E-state index >= 15 is 0 Å². The fourth-order valence-corrected chi connectivity index (χ4v) is 1.64. The van der Waals surface area contributed by atoms with Crippen LogP contribution in [0.3, 0.4) is 0 Å². The number of hydrazine groups is 1. The van der Waals surface area contributed by atoms with Crippen molar-refractivity contribution in [1.82, 2.24) is 10.9 Å². The Morgan fingerprint density at radius 2 is 1.80 bits per heavy atom. The van der Waals surface area contributed by atoms with Crippen LogP contribution in [0, 0.1) is 5.92 Å². The third kappa shape index (κ3) is 5.09. The minimum absolute atomic E-state index is 0.0154. The maximum Gasteiger partial charge on any atom is 0.269 e. The summed E-state index contributed by atoms with van der Waals surface area (Å²) in [6, 6.07) is 8.43. The third-order valence-electron chi connectivity index (χ3n) is 2.90. The fourth-order valence-electron chi connectivity index (χ4n) is 1.64. The van der Waals surface area contributed by atoms with Crippen molar-refractivity contribution in [3.05, 3.63) is 35.9 Å². The van der Waals surface area contributed by atoms with Gasteiger partial charge in [-0.3, -0.25) is 20.4 Å².